The maximum Gasteiger partial charge on any atom is 0.244 e. The van der Waals surface area contributed by atoms with Crippen molar-refractivity contribution in [1.29, 1.82) is 0 Å². The van der Waals surface area contributed by atoms with Gasteiger partial charge in [0, 0.05) is 22.8 Å². The summed E-state index contributed by atoms with van der Waals surface area (Å²) in [5.74, 6) is -0.391. The molecular weight excluding hydrogens is 368 g/mol. The van der Waals surface area contributed by atoms with Crippen LogP contribution in [-0.2, 0) is 9.59 Å². The van der Waals surface area contributed by atoms with E-state index in [0.29, 0.717) is 0 Å². The van der Waals surface area contributed by atoms with E-state index in [4.69, 9.17) is 0 Å². The van der Waals surface area contributed by atoms with Gasteiger partial charge in [0.2, 0.25) is 11.8 Å². The van der Waals surface area contributed by atoms with Crippen LogP contribution in [0, 0.1) is 20.8 Å². The summed E-state index contributed by atoms with van der Waals surface area (Å²) in [7, 11) is 0. The lowest BCUT2D eigenvalue weighted by Gasteiger charge is -2.23. The fourth-order valence-electron chi connectivity index (χ4n) is 2.51. The summed E-state index contributed by atoms with van der Waals surface area (Å²) in [6, 6.07) is 11.4. The number of benzene rings is 2. The van der Waals surface area contributed by atoms with Gasteiger partial charge in [0.15, 0.2) is 0 Å². The molecule has 1 N–H and O–H groups in total. The van der Waals surface area contributed by atoms with Crippen LogP contribution in [0.3, 0.4) is 0 Å². The third-order valence-electron chi connectivity index (χ3n) is 4.01. The topological polar surface area (TPSA) is 49.4 Å². The van der Waals surface area contributed by atoms with Crippen molar-refractivity contribution in [3.05, 3.63) is 57.6 Å². The van der Waals surface area contributed by atoms with E-state index < -0.39 is 0 Å². The number of rotatable bonds is 4. The van der Waals surface area contributed by atoms with Crippen molar-refractivity contribution in [2.24, 2.45) is 0 Å². The molecule has 0 aliphatic rings. The van der Waals surface area contributed by atoms with Crippen LogP contribution in [0.2, 0.25) is 0 Å². The molecule has 0 aliphatic carbocycles. The van der Waals surface area contributed by atoms with Gasteiger partial charge in [0.05, 0.1) is 0 Å². The molecule has 2 aromatic rings. The number of halogens is 1. The summed E-state index contributed by atoms with van der Waals surface area (Å²) in [6.07, 6.45) is 0. The monoisotopic (exact) mass is 388 g/mol. The molecule has 0 unspecified atom stereocenters. The second kappa shape index (κ2) is 7.62. The van der Waals surface area contributed by atoms with Crippen LogP contribution in [0.25, 0.3) is 0 Å². The van der Waals surface area contributed by atoms with Gasteiger partial charge >= 0.3 is 0 Å². The number of aryl methyl sites for hydroxylation is 2. The first-order chi connectivity index (χ1) is 11.3. The summed E-state index contributed by atoms with van der Waals surface area (Å²) >= 11 is 3.41. The van der Waals surface area contributed by atoms with Gasteiger partial charge in [-0.2, -0.15) is 0 Å². The molecule has 5 heteroatoms. The Morgan fingerprint density at radius 3 is 2.42 bits per heavy atom. The summed E-state index contributed by atoms with van der Waals surface area (Å²) in [5, 5.41) is 2.89. The summed E-state index contributed by atoms with van der Waals surface area (Å²) < 4.78 is 0.937. The predicted octanol–water partition coefficient (Wildman–Crippen LogP) is 4.37. The number of amides is 2. The third kappa shape index (κ3) is 4.23. The van der Waals surface area contributed by atoms with Crippen LogP contribution in [-0.4, -0.2) is 18.4 Å². The highest BCUT2D eigenvalue weighted by molar-refractivity contribution is 9.10. The van der Waals surface area contributed by atoms with Crippen LogP contribution in [0.15, 0.2) is 40.9 Å². The van der Waals surface area contributed by atoms with Crippen molar-refractivity contribution >= 4 is 39.1 Å². The van der Waals surface area contributed by atoms with Crippen LogP contribution < -0.4 is 10.2 Å². The lowest BCUT2D eigenvalue weighted by Crippen LogP contribution is -2.37. The number of anilines is 2. The summed E-state index contributed by atoms with van der Waals surface area (Å²) in [4.78, 5) is 25.9. The molecule has 2 rings (SSSR count). The Morgan fingerprint density at radius 2 is 1.79 bits per heavy atom. The standard InChI is InChI=1S/C19H21BrN2O2/c1-12-6-5-7-17(14(12)3)21-19(24)11-22(15(4)23)18-9-8-16(20)10-13(18)2/h5-10H,11H2,1-4H3,(H,21,24). The molecule has 0 aromatic heterocycles. The van der Waals surface area contributed by atoms with E-state index in [-0.39, 0.29) is 18.4 Å². The minimum Gasteiger partial charge on any atom is -0.324 e. The van der Waals surface area contributed by atoms with Crippen LogP contribution in [0.5, 0.6) is 0 Å². The van der Waals surface area contributed by atoms with Gasteiger partial charge in [-0.25, -0.2) is 0 Å². The second-order valence-electron chi connectivity index (χ2n) is 5.83. The zero-order valence-electron chi connectivity index (χ0n) is 14.3. The van der Waals surface area contributed by atoms with Gasteiger partial charge in [0.25, 0.3) is 0 Å². The SMILES string of the molecule is CC(=O)N(CC(=O)Nc1cccc(C)c1C)c1ccc(Br)cc1C. The molecule has 0 fully saturated rings. The average molecular weight is 389 g/mol. The zero-order valence-corrected chi connectivity index (χ0v) is 15.9. The molecule has 0 radical (unpaired) electrons. The average Bonchev–Trinajstić information content (AvgIpc) is 2.50. The molecule has 4 nitrogen and oxygen atoms in total. The van der Waals surface area contributed by atoms with Crippen molar-refractivity contribution in [3.63, 3.8) is 0 Å². The number of nitrogens with zero attached hydrogens (tertiary/aromatic N) is 1. The first-order valence-electron chi connectivity index (χ1n) is 7.70. The van der Waals surface area contributed by atoms with E-state index in [1.54, 1.807) is 0 Å². The Hall–Kier alpha value is -2.14. The number of carbonyl (C=O) groups excluding carboxylic acids is 2. The zero-order chi connectivity index (χ0) is 17.9. The van der Waals surface area contributed by atoms with Crippen molar-refractivity contribution in [1.82, 2.24) is 0 Å². The fraction of sp³-hybridized carbons (Fsp3) is 0.263. The summed E-state index contributed by atoms with van der Waals surface area (Å²) in [6.45, 7) is 7.32. The van der Waals surface area contributed by atoms with E-state index in [1.165, 1.54) is 11.8 Å². The Labute approximate surface area is 151 Å². The molecule has 126 valence electrons. The van der Waals surface area contributed by atoms with E-state index >= 15 is 0 Å². The Bertz CT molecular complexity index is 787. The van der Waals surface area contributed by atoms with Crippen molar-refractivity contribution in [3.8, 4) is 0 Å². The lowest BCUT2D eigenvalue weighted by atomic mass is 10.1. The van der Waals surface area contributed by atoms with Gasteiger partial charge in [-0.15, -0.1) is 0 Å². The minimum atomic E-state index is -0.221. The molecule has 0 atom stereocenters. The second-order valence-corrected chi connectivity index (χ2v) is 6.75. The minimum absolute atomic E-state index is 0.0226. The number of nitrogens with one attached hydrogen (secondary N) is 1. The van der Waals surface area contributed by atoms with Crippen molar-refractivity contribution < 1.29 is 9.59 Å². The molecule has 2 aromatic carbocycles. The molecule has 2 amide bonds. The number of hydrogen-bond acceptors (Lipinski definition) is 2. The lowest BCUT2D eigenvalue weighted by molar-refractivity contribution is -0.120. The molecule has 0 saturated heterocycles. The number of carbonyl (C=O) groups is 2. The van der Waals surface area contributed by atoms with Gasteiger partial charge < -0.3 is 10.2 Å². The first kappa shape index (κ1) is 18.2. The molecule has 0 heterocycles. The highest BCUT2D eigenvalue weighted by atomic mass is 79.9. The molecule has 0 bridgehead atoms. The van der Waals surface area contributed by atoms with Crippen molar-refractivity contribution in [2.45, 2.75) is 27.7 Å². The highest BCUT2D eigenvalue weighted by Crippen LogP contribution is 2.24. The van der Waals surface area contributed by atoms with Crippen LogP contribution >= 0.6 is 15.9 Å². The first-order valence-corrected chi connectivity index (χ1v) is 8.49. The van der Waals surface area contributed by atoms with Gasteiger partial charge in [-0.05, 0) is 61.7 Å². The summed E-state index contributed by atoms with van der Waals surface area (Å²) in [5.41, 5.74) is 4.58. The third-order valence-corrected chi connectivity index (χ3v) is 4.50. The highest BCUT2D eigenvalue weighted by Gasteiger charge is 2.18. The normalized spacial score (nSPS) is 10.4. The number of hydrogen-bond donors (Lipinski definition) is 1. The quantitative estimate of drug-likeness (QED) is 0.845. The van der Waals surface area contributed by atoms with Crippen molar-refractivity contribution in [2.75, 3.05) is 16.8 Å². The largest absolute Gasteiger partial charge is 0.324 e. The maximum atomic E-state index is 12.4. The fourth-order valence-corrected chi connectivity index (χ4v) is 2.98. The Morgan fingerprint density at radius 1 is 1.08 bits per heavy atom. The maximum absolute atomic E-state index is 12.4. The molecule has 0 saturated carbocycles. The molecule has 24 heavy (non-hydrogen) atoms. The van der Waals surface area contributed by atoms with E-state index in [0.717, 1.165) is 32.5 Å². The molecular formula is C19H21BrN2O2. The molecule has 0 spiro atoms. The van der Waals surface area contributed by atoms with E-state index in [1.807, 2.05) is 57.2 Å². The van der Waals surface area contributed by atoms with Gasteiger partial charge in [0.1, 0.15) is 6.54 Å². The Balaban J connectivity index is 2.20. The van der Waals surface area contributed by atoms with Gasteiger partial charge in [-0.3, -0.25) is 9.59 Å². The van der Waals surface area contributed by atoms with Crippen LogP contribution in [0.4, 0.5) is 11.4 Å². The van der Waals surface area contributed by atoms with E-state index in [2.05, 4.69) is 21.2 Å². The molecule has 0 aliphatic heterocycles. The Kier molecular flexibility index (Phi) is 5.78. The predicted molar refractivity (Wildman–Crippen MR) is 101 cm³/mol. The smallest absolute Gasteiger partial charge is 0.244 e. The van der Waals surface area contributed by atoms with Gasteiger partial charge in [-0.1, -0.05) is 28.1 Å². The van der Waals surface area contributed by atoms with Crippen LogP contribution in [0.1, 0.15) is 23.6 Å². The van der Waals surface area contributed by atoms with E-state index in [9.17, 15) is 9.59 Å².